The third-order valence-electron chi connectivity index (χ3n) is 4.96. The Balaban J connectivity index is 1.43. The molecule has 3 aromatic rings. The fourth-order valence-corrected chi connectivity index (χ4v) is 5.14. The molecule has 1 heterocycles. The second-order valence-electron chi connectivity index (χ2n) is 6.80. The van der Waals surface area contributed by atoms with Gasteiger partial charge in [-0.25, -0.2) is 9.59 Å². The topological polar surface area (TPSA) is 75.6 Å². The number of aliphatic carboxylic acids is 1. The Morgan fingerprint density at radius 1 is 1.10 bits per heavy atom. The maximum Gasteiger partial charge on any atom is 0.407 e. The van der Waals surface area contributed by atoms with Gasteiger partial charge in [-0.1, -0.05) is 48.5 Å². The van der Waals surface area contributed by atoms with Crippen LogP contribution >= 0.6 is 27.3 Å². The number of hydrogen-bond acceptors (Lipinski definition) is 4. The molecule has 4 rings (SSSR count). The third-order valence-corrected chi connectivity index (χ3v) is 6.68. The Kier molecular flexibility index (Phi) is 5.69. The third kappa shape index (κ3) is 4.21. The van der Waals surface area contributed by atoms with Gasteiger partial charge in [-0.15, -0.1) is 11.3 Å². The first-order chi connectivity index (χ1) is 14.0. The van der Waals surface area contributed by atoms with E-state index in [0.29, 0.717) is 0 Å². The maximum atomic E-state index is 12.3. The predicted molar refractivity (Wildman–Crippen MR) is 115 cm³/mol. The van der Waals surface area contributed by atoms with Crippen LogP contribution in [0.3, 0.4) is 0 Å². The summed E-state index contributed by atoms with van der Waals surface area (Å²) in [6.45, 7) is 0.150. The lowest BCUT2D eigenvalue weighted by Crippen LogP contribution is -2.42. The maximum absolute atomic E-state index is 12.3. The molecule has 1 aliphatic carbocycles. The zero-order valence-corrected chi connectivity index (χ0v) is 17.7. The van der Waals surface area contributed by atoms with Gasteiger partial charge in [0.25, 0.3) is 0 Å². The molecule has 0 spiro atoms. The van der Waals surface area contributed by atoms with Gasteiger partial charge in [-0.2, -0.15) is 0 Å². The number of nitrogens with one attached hydrogen (secondary N) is 1. The number of hydrogen-bond donors (Lipinski definition) is 2. The molecule has 0 saturated heterocycles. The van der Waals surface area contributed by atoms with Gasteiger partial charge in [0, 0.05) is 27.1 Å². The van der Waals surface area contributed by atoms with Gasteiger partial charge in [0.1, 0.15) is 12.6 Å². The molecule has 2 N–H and O–H groups in total. The van der Waals surface area contributed by atoms with Crippen molar-refractivity contribution in [1.29, 1.82) is 0 Å². The van der Waals surface area contributed by atoms with E-state index in [9.17, 15) is 14.7 Å². The number of alkyl carbamates (subject to hydrolysis) is 1. The van der Waals surface area contributed by atoms with Crippen LogP contribution in [0.5, 0.6) is 0 Å². The summed E-state index contributed by atoms with van der Waals surface area (Å²) in [6, 6.07) is 16.9. The lowest BCUT2D eigenvalue weighted by atomic mass is 9.98. The van der Waals surface area contributed by atoms with Crippen molar-refractivity contribution in [2.24, 2.45) is 0 Å². The van der Waals surface area contributed by atoms with Crippen molar-refractivity contribution in [1.82, 2.24) is 5.32 Å². The van der Waals surface area contributed by atoms with Crippen LogP contribution in [-0.4, -0.2) is 29.8 Å². The molecule has 29 heavy (non-hydrogen) atoms. The molecule has 1 amide bonds. The van der Waals surface area contributed by atoms with Crippen molar-refractivity contribution in [2.45, 2.75) is 18.4 Å². The normalized spacial score (nSPS) is 13.4. The zero-order chi connectivity index (χ0) is 20.4. The largest absolute Gasteiger partial charge is 0.480 e. The van der Waals surface area contributed by atoms with Crippen molar-refractivity contribution < 1.29 is 19.4 Å². The number of ether oxygens (including phenoxy) is 1. The van der Waals surface area contributed by atoms with Gasteiger partial charge in [0.05, 0.1) is 0 Å². The summed E-state index contributed by atoms with van der Waals surface area (Å²) in [7, 11) is 0. The number of thiophene rings is 1. The standard InChI is InChI=1S/C22H18BrNO4S/c23-13-9-14(29-12-13)10-20(21(25)26)24-22(27)28-11-19-17-7-3-1-5-15(17)16-6-2-4-8-18(16)19/h1-9,12,19-20H,10-11H2,(H,24,27)(H,25,26)/t20-/m1/s1. The number of carboxylic acids is 1. The Morgan fingerprint density at radius 3 is 2.28 bits per heavy atom. The number of rotatable bonds is 6. The number of carbonyl (C=O) groups excluding carboxylic acids is 1. The summed E-state index contributed by atoms with van der Waals surface area (Å²) < 4.78 is 6.34. The molecule has 148 valence electrons. The van der Waals surface area contributed by atoms with Gasteiger partial charge in [0.2, 0.25) is 0 Å². The second kappa shape index (κ2) is 8.39. The average molecular weight is 472 g/mol. The summed E-state index contributed by atoms with van der Waals surface area (Å²) in [4.78, 5) is 24.8. The van der Waals surface area contributed by atoms with E-state index in [1.165, 1.54) is 11.3 Å². The molecule has 0 unspecified atom stereocenters. The van der Waals surface area contributed by atoms with Crippen molar-refractivity contribution >= 4 is 39.3 Å². The first-order valence-corrected chi connectivity index (χ1v) is 10.8. The number of carboxylic acid groups (broad SMARTS) is 1. The van der Waals surface area contributed by atoms with Crippen LogP contribution < -0.4 is 5.32 Å². The smallest absolute Gasteiger partial charge is 0.407 e. The number of amides is 1. The highest BCUT2D eigenvalue weighted by Gasteiger charge is 2.29. The quantitative estimate of drug-likeness (QED) is 0.527. The highest BCUT2D eigenvalue weighted by Crippen LogP contribution is 2.44. The Labute approximate surface area is 180 Å². The fourth-order valence-electron chi connectivity index (χ4n) is 3.64. The predicted octanol–water partition coefficient (Wildman–Crippen LogP) is 5.05. The summed E-state index contributed by atoms with van der Waals surface area (Å²) in [5, 5.41) is 13.8. The van der Waals surface area contributed by atoms with E-state index in [1.54, 1.807) is 0 Å². The fraction of sp³-hybridized carbons (Fsp3) is 0.182. The lowest BCUT2D eigenvalue weighted by molar-refractivity contribution is -0.139. The van der Waals surface area contributed by atoms with Crippen LogP contribution in [0, 0.1) is 0 Å². The summed E-state index contributed by atoms with van der Waals surface area (Å²) in [5.74, 6) is -1.16. The van der Waals surface area contributed by atoms with Gasteiger partial charge >= 0.3 is 12.1 Å². The highest BCUT2D eigenvalue weighted by atomic mass is 79.9. The van der Waals surface area contributed by atoms with E-state index < -0.39 is 18.1 Å². The molecule has 0 bridgehead atoms. The summed E-state index contributed by atoms with van der Waals surface area (Å²) >= 11 is 4.79. The monoisotopic (exact) mass is 471 g/mol. The molecule has 1 aliphatic rings. The molecule has 1 aromatic heterocycles. The molecular weight excluding hydrogens is 454 g/mol. The zero-order valence-electron chi connectivity index (χ0n) is 15.3. The van der Waals surface area contributed by atoms with Crippen LogP contribution in [-0.2, 0) is 16.0 Å². The molecule has 5 nitrogen and oxygen atoms in total. The van der Waals surface area contributed by atoms with Crippen LogP contribution in [0.4, 0.5) is 4.79 Å². The molecule has 1 atom stereocenters. The Hall–Kier alpha value is -2.64. The van der Waals surface area contributed by atoms with Gasteiger partial charge in [-0.05, 0) is 44.3 Å². The SMILES string of the molecule is O=C(N[C@H](Cc1cc(Br)cs1)C(=O)O)OCC1c2ccccc2-c2ccccc21. The summed E-state index contributed by atoms with van der Waals surface area (Å²) in [6.07, 6.45) is -0.523. The number of fused-ring (bicyclic) bond motifs is 3. The van der Waals surface area contributed by atoms with Gasteiger partial charge in [0.15, 0.2) is 0 Å². The molecule has 7 heteroatoms. The molecule has 2 aromatic carbocycles. The summed E-state index contributed by atoms with van der Waals surface area (Å²) in [5.41, 5.74) is 4.51. The molecule has 0 aliphatic heterocycles. The van der Waals surface area contributed by atoms with E-state index in [1.807, 2.05) is 47.8 Å². The van der Waals surface area contributed by atoms with Crippen LogP contribution in [0.15, 0.2) is 64.5 Å². The first-order valence-electron chi connectivity index (χ1n) is 9.10. The average Bonchev–Trinajstić information content (AvgIpc) is 3.27. The minimum atomic E-state index is -1.09. The number of carbonyl (C=O) groups is 2. The first kappa shape index (κ1) is 19.7. The molecular formula is C22H18BrNO4S. The molecule has 0 fully saturated rings. The lowest BCUT2D eigenvalue weighted by Gasteiger charge is -2.17. The van der Waals surface area contributed by atoms with Crippen molar-refractivity contribution in [2.75, 3.05) is 6.61 Å². The molecule has 0 saturated carbocycles. The van der Waals surface area contributed by atoms with Crippen molar-refractivity contribution in [3.05, 3.63) is 80.5 Å². The Bertz CT molecular complexity index is 1020. The minimum absolute atomic E-state index is 0.0651. The van der Waals surface area contributed by atoms with E-state index >= 15 is 0 Å². The second-order valence-corrected chi connectivity index (χ2v) is 8.71. The van der Waals surface area contributed by atoms with E-state index in [0.717, 1.165) is 31.6 Å². The Morgan fingerprint density at radius 2 is 1.72 bits per heavy atom. The minimum Gasteiger partial charge on any atom is -0.480 e. The van der Waals surface area contributed by atoms with Gasteiger partial charge in [-0.3, -0.25) is 0 Å². The number of halogens is 1. The highest BCUT2D eigenvalue weighted by molar-refractivity contribution is 9.10. The van der Waals surface area contributed by atoms with Crippen LogP contribution in [0.25, 0.3) is 11.1 Å². The van der Waals surface area contributed by atoms with E-state index in [2.05, 4.69) is 33.4 Å². The van der Waals surface area contributed by atoms with E-state index in [4.69, 9.17) is 4.74 Å². The van der Waals surface area contributed by atoms with Crippen LogP contribution in [0.2, 0.25) is 0 Å². The number of benzene rings is 2. The van der Waals surface area contributed by atoms with Gasteiger partial charge < -0.3 is 15.2 Å². The van der Waals surface area contributed by atoms with Crippen molar-refractivity contribution in [3.63, 3.8) is 0 Å². The van der Waals surface area contributed by atoms with Crippen molar-refractivity contribution in [3.8, 4) is 11.1 Å². The molecule has 0 radical (unpaired) electrons. The van der Waals surface area contributed by atoms with Crippen LogP contribution in [0.1, 0.15) is 21.9 Å². The van der Waals surface area contributed by atoms with E-state index in [-0.39, 0.29) is 18.9 Å².